The number of benzene rings is 6. The largest absolute Gasteiger partial charge is 0.242 e. The maximum absolute atomic E-state index is 2.68. The molecular weight excluding hydrogens is 659 g/mol. The molecule has 0 radical (unpaired) electrons. The van der Waals surface area contributed by atoms with E-state index < -0.39 is 0 Å². The zero-order valence-electron chi connectivity index (χ0n) is 35.6. The highest BCUT2D eigenvalue weighted by atomic mass is 14.5. The second-order valence-electron chi connectivity index (χ2n) is 20.0. The summed E-state index contributed by atoms with van der Waals surface area (Å²) >= 11 is 0. The van der Waals surface area contributed by atoms with Gasteiger partial charge in [0.05, 0.1) is 0 Å². The van der Waals surface area contributed by atoms with Gasteiger partial charge < -0.3 is 0 Å². The lowest BCUT2D eigenvalue weighted by atomic mass is 9.31. The van der Waals surface area contributed by atoms with E-state index >= 15 is 0 Å². The van der Waals surface area contributed by atoms with Crippen molar-refractivity contribution in [2.45, 2.75) is 118 Å². The highest BCUT2D eigenvalue weighted by molar-refractivity contribution is 6.97. The average Bonchev–Trinajstić information content (AvgIpc) is 3.12. The van der Waals surface area contributed by atoms with Gasteiger partial charge in [-0.3, -0.25) is 0 Å². The van der Waals surface area contributed by atoms with Crippen LogP contribution in [0.1, 0.15) is 142 Å². The van der Waals surface area contributed by atoms with Gasteiger partial charge in [0.25, 0.3) is 0 Å². The maximum atomic E-state index is 2.68. The molecule has 6 aromatic carbocycles. The van der Waals surface area contributed by atoms with Crippen molar-refractivity contribution in [1.29, 1.82) is 0 Å². The lowest BCUT2D eigenvalue weighted by Gasteiger charge is -2.46. The molecule has 0 amide bonds. The van der Waals surface area contributed by atoms with Crippen molar-refractivity contribution in [3.63, 3.8) is 0 Å². The zero-order valence-corrected chi connectivity index (χ0v) is 35.6. The first-order chi connectivity index (χ1) is 25.8. The first-order valence-electron chi connectivity index (χ1n) is 20.5. The second kappa shape index (κ2) is 12.7. The quantitative estimate of drug-likeness (QED) is 0.160. The molecule has 0 nitrogen and oxygen atoms in total. The molecule has 0 N–H and O–H groups in total. The lowest BCUT2D eigenvalue weighted by Crippen LogP contribution is -2.60. The summed E-state index contributed by atoms with van der Waals surface area (Å²) in [5.41, 5.74) is 23.6. The lowest BCUT2D eigenvalue weighted by molar-refractivity contribution is 0.520. The predicted molar refractivity (Wildman–Crippen MR) is 239 cm³/mol. The van der Waals surface area contributed by atoms with Crippen LogP contribution in [0, 0.1) is 20.8 Å². The minimum absolute atomic E-state index is 0.0282. The molecule has 0 spiro atoms. The molecule has 6 aromatic rings. The summed E-state index contributed by atoms with van der Waals surface area (Å²) < 4.78 is 0. The van der Waals surface area contributed by atoms with E-state index in [4.69, 9.17) is 0 Å². The third kappa shape index (κ3) is 5.96. The fourth-order valence-corrected chi connectivity index (χ4v) is 10.2. The molecule has 1 atom stereocenters. The molecule has 0 aromatic heterocycles. The molecule has 0 saturated heterocycles. The Labute approximate surface area is 332 Å². The van der Waals surface area contributed by atoms with Gasteiger partial charge in [0.15, 0.2) is 0 Å². The highest BCUT2D eigenvalue weighted by Crippen LogP contribution is 2.51. The van der Waals surface area contributed by atoms with Gasteiger partial charge in [0.1, 0.15) is 0 Å². The van der Waals surface area contributed by atoms with Gasteiger partial charge >= 0.3 is 0 Å². The minimum atomic E-state index is -0.153. The molecule has 1 heteroatoms. The van der Waals surface area contributed by atoms with Crippen molar-refractivity contribution in [2.75, 3.05) is 0 Å². The predicted octanol–water partition coefficient (Wildman–Crippen LogP) is 11.8. The highest BCUT2D eigenvalue weighted by Gasteiger charge is 2.46. The van der Waals surface area contributed by atoms with Gasteiger partial charge in [-0.1, -0.05) is 218 Å². The van der Waals surface area contributed by atoms with E-state index in [0.717, 1.165) is 0 Å². The van der Waals surface area contributed by atoms with Crippen LogP contribution in [0.2, 0.25) is 0 Å². The third-order valence-electron chi connectivity index (χ3n) is 13.4. The van der Waals surface area contributed by atoms with Crippen LogP contribution in [0.5, 0.6) is 0 Å². The SMILES string of the molecule is Cc1cc(C)c2c(c1)C(c1ccc(C(C)(C)C)cc1-c1ccccc1)c1cc3c(cc1B2c1cc(C(C)(C)C)ccc1C)C(C)(C)c1ccccc1C3(C)C. The first kappa shape index (κ1) is 37.3. The Hall–Kier alpha value is -4.62. The number of hydrogen-bond acceptors (Lipinski definition) is 0. The maximum Gasteiger partial charge on any atom is 0.242 e. The molecule has 1 unspecified atom stereocenters. The van der Waals surface area contributed by atoms with Crippen LogP contribution in [0.25, 0.3) is 11.1 Å². The van der Waals surface area contributed by atoms with Crippen molar-refractivity contribution in [3.8, 4) is 11.1 Å². The van der Waals surface area contributed by atoms with E-state index in [1.165, 1.54) is 94.3 Å². The van der Waals surface area contributed by atoms with Crippen molar-refractivity contribution in [1.82, 2.24) is 0 Å². The Morgan fingerprint density at radius 2 is 1.04 bits per heavy atom. The van der Waals surface area contributed by atoms with E-state index in [9.17, 15) is 0 Å². The monoisotopic (exact) mass is 718 g/mol. The second-order valence-corrected chi connectivity index (χ2v) is 20.0. The van der Waals surface area contributed by atoms with Gasteiger partial charge in [-0.25, -0.2) is 0 Å². The van der Waals surface area contributed by atoms with Crippen LogP contribution in [-0.2, 0) is 21.7 Å². The molecule has 8 rings (SSSR count). The van der Waals surface area contributed by atoms with Crippen molar-refractivity contribution < 1.29 is 0 Å². The van der Waals surface area contributed by atoms with E-state index in [1.807, 2.05) is 0 Å². The Morgan fingerprint density at radius 1 is 0.473 bits per heavy atom. The van der Waals surface area contributed by atoms with Crippen LogP contribution in [0.3, 0.4) is 0 Å². The Kier molecular flexibility index (Phi) is 8.62. The Morgan fingerprint density at radius 3 is 1.65 bits per heavy atom. The summed E-state index contributed by atoms with van der Waals surface area (Å²) in [6.45, 7) is 31.0. The minimum Gasteiger partial charge on any atom is -0.0655 e. The molecule has 2 aliphatic rings. The summed E-state index contributed by atoms with van der Waals surface area (Å²) in [6.07, 6.45) is 0. The molecule has 55 heavy (non-hydrogen) atoms. The first-order valence-corrected chi connectivity index (χ1v) is 20.5. The molecule has 0 bridgehead atoms. The average molecular weight is 719 g/mol. The number of rotatable bonds is 3. The van der Waals surface area contributed by atoms with Gasteiger partial charge in [0.2, 0.25) is 6.71 Å². The molecule has 1 aliphatic carbocycles. The summed E-state index contributed by atoms with van der Waals surface area (Å²) in [5.74, 6) is 0.0663. The molecule has 278 valence electrons. The fourth-order valence-electron chi connectivity index (χ4n) is 10.2. The van der Waals surface area contributed by atoms with Crippen molar-refractivity contribution in [2.24, 2.45) is 0 Å². The van der Waals surface area contributed by atoms with Crippen LogP contribution >= 0.6 is 0 Å². The third-order valence-corrected chi connectivity index (χ3v) is 13.4. The number of hydrogen-bond donors (Lipinski definition) is 0. The molecule has 0 fully saturated rings. The van der Waals surface area contributed by atoms with Crippen molar-refractivity contribution in [3.05, 3.63) is 182 Å². The zero-order chi connectivity index (χ0) is 39.4. The van der Waals surface area contributed by atoms with E-state index in [-0.39, 0.29) is 34.3 Å². The number of fused-ring (bicyclic) bond motifs is 4. The van der Waals surface area contributed by atoms with Gasteiger partial charge in [0, 0.05) is 16.7 Å². The van der Waals surface area contributed by atoms with Crippen LogP contribution in [0.15, 0.2) is 115 Å². The normalized spacial score (nSPS) is 16.9. The topological polar surface area (TPSA) is 0 Å². The molecular formula is C54H59B. The summed E-state index contributed by atoms with van der Waals surface area (Å²) in [6, 6.07) is 45.3. The number of aryl methyl sites for hydroxylation is 3. The summed E-state index contributed by atoms with van der Waals surface area (Å²) in [5, 5.41) is 0. The van der Waals surface area contributed by atoms with Gasteiger partial charge in [-0.05, 0) is 92.8 Å². The smallest absolute Gasteiger partial charge is 0.0655 e. The molecule has 1 aliphatic heterocycles. The summed E-state index contributed by atoms with van der Waals surface area (Å²) in [7, 11) is 0. The van der Waals surface area contributed by atoms with Crippen molar-refractivity contribution >= 4 is 23.1 Å². The Bertz CT molecular complexity index is 2480. The van der Waals surface area contributed by atoms with Crippen LogP contribution < -0.4 is 16.4 Å². The van der Waals surface area contributed by atoms with E-state index in [2.05, 4.69) is 205 Å². The standard InChI is InChI=1S/C54H59B/c1-33-27-35(3)50-42(28-33)49(39-26-25-37(51(4,5)6)29-40(39)36-19-15-14-16-20-36)41-31-45-46(54(12,13)44-22-18-17-21-43(44)53(45,10)11)32-48(41)55(50)47-30-38(52(7,8)9)24-23-34(47)2/h14-32,49H,1-13H3. The molecule has 0 saturated carbocycles. The summed E-state index contributed by atoms with van der Waals surface area (Å²) in [4.78, 5) is 0. The van der Waals surface area contributed by atoms with Gasteiger partial charge in [-0.15, -0.1) is 0 Å². The Balaban J connectivity index is 1.53. The molecule has 1 heterocycles. The van der Waals surface area contributed by atoms with E-state index in [0.29, 0.717) is 0 Å². The van der Waals surface area contributed by atoms with E-state index in [1.54, 1.807) is 0 Å². The van der Waals surface area contributed by atoms with Gasteiger partial charge in [-0.2, -0.15) is 0 Å². The van der Waals surface area contributed by atoms with Crippen LogP contribution in [-0.4, -0.2) is 6.71 Å². The van der Waals surface area contributed by atoms with Crippen LogP contribution in [0.4, 0.5) is 0 Å². The fraction of sp³-hybridized carbons (Fsp3) is 0.333.